The zero-order valence-electron chi connectivity index (χ0n) is 11.1. The summed E-state index contributed by atoms with van der Waals surface area (Å²) in [6, 6.07) is 5.09. The quantitative estimate of drug-likeness (QED) is 0.762. The minimum atomic E-state index is -4.34. The number of benzene rings is 1. The van der Waals surface area contributed by atoms with Crippen LogP contribution in [0.15, 0.2) is 24.3 Å². The Morgan fingerprint density at radius 2 is 1.95 bits per heavy atom. The molecule has 0 aliphatic carbocycles. The summed E-state index contributed by atoms with van der Waals surface area (Å²) in [6.45, 7) is 3.59. The SMILES string of the molecule is C[NH+]1CCN(C(=S)Nc2cccc(C(F)(F)F)c2)CC1. The van der Waals surface area contributed by atoms with Crippen LogP contribution in [0.4, 0.5) is 18.9 Å². The minimum Gasteiger partial charge on any atom is -0.338 e. The van der Waals surface area contributed by atoms with Gasteiger partial charge in [-0.2, -0.15) is 13.2 Å². The molecule has 2 N–H and O–H groups in total. The molecule has 110 valence electrons. The maximum atomic E-state index is 12.6. The monoisotopic (exact) mass is 304 g/mol. The van der Waals surface area contributed by atoms with Crippen molar-refractivity contribution in [2.45, 2.75) is 6.18 Å². The second-order valence-corrected chi connectivity index (χ2v) is 5.34. The number of hydrogen-bond acceptors (Lipinski definition) is 1. The Bertz CT molecular complexity index is 482. The summed E-state index contributed by atoms with van der Waals surface area (Å²) in [5.74, 6) is 0. The van der Waals surface area contributed by atoms with Crippen LogP contribution in [-0.2, 0) is 6.18 Å². The van der Waals surface area contributed by atoms with E-state index in [1.165, 1.54) is 11.0 Å². The molecule has 1 aromatic rings. The van der Waals surface area contributed by atoms with Gasteiger partial charge in [0, 0.05) is 5.69 Å². The van der Waals surface area contributed by atoms with Crippen molar-refractivity contribution in [1.29, 1.82) is 0 Å². The molecule has 7 heteroatoms. The summed E-state index contributed by atoms with van der Waals surface area (Å²) in [7, 11) is 2.11. The number of quaternary nitrogens is 1. The van der Waals surface area contributed by atoms with E-state index in [0.717, 1.165) is 38.3 Å². The highest BCUT2D eigenvalue weighted by Crippen LogP contribution is 2.30. The fraction of sp³-hybridized carbons (Fsp3) is 0.462. The van der Waals surface area contributed by atoms with E-state index in [1.54, 1.807) is 6.07 Å². The molecule has 1 saturated heterocycles. The number of piperazine rings is 1. The maximum absolute atomic E-state index is 12.6. The molecule has 0 saturated carbocycles. The highest BCUT2D eigenvalue weighted by atomic mass is 32.1. The van der Waals surface area contributed by atoms with Crippen LogP contribution in [0.5, 0.6) is 0 Å². The molecule has 1 aliphatic heterocycles. The topological polar surface area (TPSA) is 19.7 Å². The highest BCUT2D eigenvalue weighted by Gasteiger charge is 2.30. The third-order valence-corrected chi connectivity index (χ3v) is 3.71. The molecule has 1 fully saturated rings. The van der Waals surface area contributed by atoms with E-state index in [1.807, 2.05) is 4.90 Å². The lowest BCUT2D eigenvalue weighted by molar-refractivity contribution is -0.883. The van der Waals surface area contributed by atoms with Crippen LogP contribution in [0.2, 0.25) is 0 Å². The van der Waals surface area contributed by atoms with Gasteiger partial charge in [0.05, 0.1) is 38.8 Å². The molecule has 3 nitrogen and oxygen atoms in total. The summed E-state index contributed by atoms with van der Waals surface area (Å²) in [5, 5.41) is 3.37. The highest BCUT2D eigenvalue weighted by molar-refractivity contribution is 7.80. The number of thiocarbonyl (C=S) groups is 1. The molecule has 0 atom stereocenters. The van der Waals surface area contributed by atoms with Gasteiger partial charge < -0.3 is 15.1 Å². The van der Waals surface area contributed by atoms with Crippen molar-refractivity contribution in [2.24, 2.45) is 0 Å². The van der Waals surface area contributed by atoms with Crippen molar-refractivity contribution >= 4 is 23.0 Å². The number of anilines is 1. The molecule has 0 radical (unpaired) electrons. The van der Waals surface area contributed by atoms with Gasteiger partial charge in [-0.3, -0.25) is 0 Å². The summed E-state index contributed by atoms with van der Waals surface area (Å²) in [5.41, 5.74) is -0.302. The summed E-state index contributed by atoms with van der Waals surface area (Å²) >= 11 is 5.26. The minimum absolute atomic E-state index is 0.371. The first-order chi connectivity index (χ1) is 9.36. The zero-order chi connectivity index (χ0) is 14.8. The fourth-order valence-corrected chi connectivity index (χ4v) is 2.37. The third kappa shape index (κ3) is 3.83. The Labute approximate surface area is 121 Å². The van der Waals surface area contributed by atoms with Crippen molar-refractivity contribution in [3.05, 3.63) is 29.8 Å². The third-order valence-electron chi connectivity index (χ3n) is 3.35. The molecule has 0 amide bonds. The van der Waals surface area contributed by atoms with Gasteiger partial charge in [0.25, 0.3) is 0 Å². The van der Waals surface area contributed by atoms with Gasteiger partial charge in [0.15, 0.2) is 5.11 Å². The number of halogens is 3. The number of nitrogens with one attached hydrogen (secondary N) is 2. The molecule has 1 heterocycles. The predicted molar refractivity (Wildman–Crippen MR) is 75.9 cm³/mol. The lowest BCUT2D eigenvalue weighted by Gasteiger charge is -2.32. The molecule has 20 heavy (non-hydrogen) atoms. The second-order valence-electron chi connectivity index (χ2n) is 4.95. The van der Waals surface area contributed by atoms with E-state index in [2.05, 4.69) is 12.4 Å². The molecule has 1 aromatic carbocycles. The van der Waals surface area contributed by atoms with Gasteiger partial charge in [0.2, 0.25) is 0 Å². The Kier molecular flexibility index (Phi) is 4.49. The van der Waals surface area contributed by atoms with Crippen LogP contribution >= 0.6 is 12.2 Å². The molecule has 0 bridgehead atoms. The van der Waals surface area contributed by atoms with Crippen LogP contribution in [0, 0.1) is 0 Å². The molecule has 0 unspecified atom stereocenters. The number of rotatable bonds is 1. The zero-order valence-corrected chi connectivity index (χ0v) is 11.9. The molecule has 0 aromatic heterocycles. The van der Waals surface area contributed by atoms with Crippen LogP contribution < -0.4 is 10.2 Å². The maximum Gasteiger partial charge on any atom is 0.416 e. The smallest absolute Gasteiger partial charge is 0.338 e. The second kappa shape index (κ2) is 5.97. The van der Waals surface area contributed by atoms with E-state index in [0.29, 0.717) is 10.8 Å². The Morgan fingerprint density at radius 3 is 2.55 bits per heavy atom. The molecule has 2 rings (SSSR count). The summed E-state index contributed by atoms with van der Waals surface area (Å²) in [6.07, 6.45) is -4.34. The first kappa shape index (κ1) is 15.1. The van der Waals surface area contributed by atoms with E-state index in [-0.39, 0.29) is 0 Å². The fourth-order valence-electron chi connectivity index (χ4n) is 2.07. The van der Waals surface area contributed by atoms with Crippen LogP contribution in [0.3, 0.4) is 0 Å². The van der Waals surface area contributed by atoms with E-state index >= 15 is 0 Å². The van der Waals surface area contributed by atoms with E-state index in [4.69, 9.17) is 12.2 Å². The van der Waals surface area contributed by atoms with Gasteiger partial charge >= 0.3 is 6.18 Å². The molecular weight excluding hydrogens is 287 g/mol. The number of nitrogens with zero attached hydrogens (tertiary/aromatic N) is 1. The van der Waals surface area contributed by atoms with Gasteiger partial charge in [0.1, 0.15) is 0 Å². The van der Waals surface area contributed by atoms with Crippen molar-refractivity contribution in [3.63, 3.8) is 0 Å². The largest absolute Gasteiger partial charge is 0.416 e. The first-order valence-corrected chi connectivity index (χ1v) is 6.81. The summed E-state index contributed by atoms with van der Waals surface area (Å²) in [4.78, 5) is 3.42. The van der Waals surface area contributed by atoms with Gasteiger partial charge in [-0.1, -0.05) is 6.07 Å². The number of alkyl halides is 3. The Balaban J connectivity index is 2.01. The van der Waals surface area contributed by atoms with Crippen molar-refractivity contribution in [3.8, 4) is 0 Å². The van der Waals surface area contributed by atoms with E-state index in [9.17, 15) is 13.2 Å². The lowest BCUT2D eigenvalue weighted by Crippen LogP contribution is -3.12. The molecular formula is C13H17F3N3S+. The van der Waals surface area contributed by atoms with Crippen LogP contribution in [-0.4, -0.2) is 43.2 Å². The number of likely N-dealkylation sites (N-methyl/N-ethyl adjacent to an activating group) is 1. The van der Waals surface area contributed by atoms with Crippen LogP contribution in [0.1, 0.15) is 5.56 Å². The first-order valence-electron chi connectivity index (χ1n) is 6.41. The van der Waals surface area contributed by atoms with Gasteiger partial charge in [-0.15, -0.1) is 0 Å². The predicted octanol–water partition coefficient (Wildman–Crippen LogP) is 1.23. The summed E-state index contributed by atoms with van der Waals surface area (Å²) < 4.78 is 37.9. The molecule has 0 spiro atoms. The van der Waals surface area contributed by atoms with Crippen molar-refractivity contribution < 1.29 is 18.1 Å². The average molecular weight is 304 g/mol. The standard InChI is InChI=1S/C13H16F3N3S/c1-18-5-7-19(8-6-18)12(20)17-11-4-2-3-10(9-11)13(14,15)16/h2-4,9H,5-8H2,1H3,(H,17,20)/p+1. The van der Waals surface area contributed by atoms with Crippen molar-refractivity contribution in [2.75, 3.05) is 38.5 Å². The van der Waals surface area contributed by atoms with Crippen LogP contribution in [0.25, 0.3) is 0 Å². The van der Waals surface area contributed by atoms with Gasteiger partial charge in [-0.25, -0.2) is 0 Å². The lowest BCUT2D eigenvalue weighted by atomic mass is 10.2. The normalized spacial score (nSPS) is 17.1. The van der Waals surface area contributed by atoms with E-state index < -0.39 is 11.7 Å². The number of hydrogen-bond donors (Lipinski definition) is 2. The molecule has 1 aliphatic rings. The van der Waals surface area contributed by atoms with Crippen molar-refractivity contribution in [1.82, 2.24) is 4.90 Å². The average Bonchev–Trinajstić information content (AvgIpc) is 2.38. The van der Waals surface area contributed by atoms with Gasteiger partial charge in [-0.05, 0) is 30.4 Å². The Morgan fingerprint density at radius 1 is 1.30 bits per heavy atom. The Hall–Kier alpha value is -1.34.